The number of rotatable bonds is 9. The quantitative estimate of drug-likeness (QED) is 0.271. The summed E-state index contributed by atoms with van der Waals surface area (Å²) in [4.78, 5) is 27.2. The number of nitrogens with zero attached hydrogens (tertiary/aromatic N) is 4. The number of aliphatic hydroxyl groups is 1. The van der Waals surface area contributed by atoms with Crippen LogP contribution in [0.25, 0.3) is 0 Å². The van der Waals surface area contributed by atoms with E-state index in [0.29, 0.717) is 25.2 Å². The molecule has 8 nitrogen and oxygen atoms in total. The summed E-state index contributed by atoms with van der Waals surface area (Å²) in [7, 11) is -2.76. The summed E-state index contributed by atoms with van der Waals surface area (Å²) in [6.07, 6.45) is 3.79. The Bertz CT molecular complexity index is 1360. The molecule has 1 spiro atoms. The van der Waals surface area contributed by atoms with Crippen LogP contribution in [0.2, 0.25) is 18.6 Å². The van der Waals surface area contributed by atoms with Crippen molar-refractivity contribution in [1.29, 1.82) is 0 Å². The number of aryl methyl sites for hydroxylation is 1. The van der Waals surface area contributed by atoms with Crippen LogP contribution in [0.3, 0.4) is 0 Å². The number of aliphatic hydroxyl groups excluding tert-OH is 1. The zero-order chi connectivity index (χ0) is 27.9. The maximum Gasteiger partial charge on any atom is 0.264 e. The van der Waals surface area contributed by atoms with E-state index >= 15 is 0 Å². The molecule has 10 heteroatoms. The molecule has 0 radical (unpaired) electrons. The molecule has 1 amide bonds. The third-order valence-corrected chi connectivity index (χ3v) is 11.2. The molecule has 39 heavy (non-hydrogen) atoms. The van der Waals surface area contributed by atoms with Crippen LogP contribution in [0, 0.1) is 5.92 Å². The molecule has 5 rings (SSSR count). The smallest absolute Gasteiger partial charge is 0.264 e. The van der Waals surface area contributed by atoms with Crippen molar-refractivity contribution in [3.63, 3.8) is 0 Å². The maximum atomic E-state index is 14.1. The minimum Gasteiger partial charge on any atom is -0.432 e. The second-order valence-electron chi connectivity index (χ2n) is 11.1. The number of anilines is 1. The van der Waals surface area contributed by atoms with Gasteiger partial charge in [0.05, 0.1) is 30.0 Å². The van der Waals surface area contributed by atoms with Gasteiger partial charge in [0, 0.05) is 40.8 Å². The Balaban J connectivity index is 1.43. The van der Waals surface area contributed by atoms with Crippen LogP contribution in [-0.2, 0) is 21.7 Å². The summed E-state index contributed by atoms with van der Waals surface area (Å²) >= 11 is 3.58. The van der Waals surface area contributed by atoms with Crippen molar-refractivity contribution in [2.45, 2.75) is 56.1 Å². The van der Waals surface area contributed by atoms with E-state index in [1.165, 1.54) is 0 Å². The van der Waals surface area contributed by atoms with Crippen molar-refractivity contribution in [3.8, 4) is 0 Å². The molecule has 2 aliphatic rings. The first-order valence-corrected chi connectivity index (χ1v) is 17.1. The highest BCUT2D eigenvalue weighted by Gasteiger charge is 2.66. The monoisotopic (exact) mass is 610 g/mol. The van der Waals surface area contributed by atoms with Gasteiger partial charge in [-0.2, -0.15) is 0 Å². The fraction of sp³-hybridized carbons (Fsp3) is 0.414. The van der Waals surface area contributed by atoms with Gasteiger partial charge in [0.15, 0.2) is 13.9 Å². The predicted octanol–water partition coefficient (Wildman–Crippen LogP) is 4.59. The standard InChI is InChI=1S/C29H35BrN4O4Si/c1-5-14-34-25-12-11-21(30)16-23(25)29(28(34)36)19(2)27(39(3,4)37)26(38-29)13-15-33-17-24(31-32-33)22(18-35)20-9-7-6-8-10-20/h5-12,16-17,19,22,26-27,35,37H,1,13-15,18H2,2-4H3/t19-,22?,26+,27-,29+/m1/s1. The number of aromatic nitrogens is 3. The molecule has 0 aliphatic carbocycles. The number of fused-ring (bicyclic) bond motifs is 2. The number of hydrogen-bond acceptors (Lipinski definition) is 6. The molecule has 3 heterocycles. The molecule has 3 aromatic rings. The normalized spacial score (nSPS) is 25.3. The lowest BCUT2D eigenvalue weighted by Crippen LogP contribution is -2.46. The molecule has 1 saturated heterocycles. The number of benzene rings is 2. The lowest BCUT2D eigenvalue weighted by Gasteiger charge is -2.32. The van der Waals surface area contributed by atoms with Crippen molar-refractivity contribution in [2.75, 3.05) is 18.1 Å². The van der Waals surface area contributed by atoms with Gasteiger partial charge >= 0.3 is 0 Å². The second-order valence-corrected chi connectivity index (χ2v) is 16.0. The van der Waals surface area contributed by atoms with Gasteiger partial charge in [0.25, 0.3) is 5.91 Å². The highest BCUT2D eigenvalue weighted by atomic mass is 79.9. The van der Waals surface area contributed by atoms with E-state index < -0.39 is 13.9 Å². The van der Waals surface area contributed by atoms with E-state index in [1.807, 2.05) is 74.7 Å². The van der Waals surface area contributed by atoms with Crippen LogP contribution < -0.4 is 4.90 Å². The SMILES string of the molecule is C=CCN1C(=O)[C@@]2(O[C@@H](CCn3cc(C(CO)c4ccccc4)nn3)[C@H]([Si](C)(C)O)[C@H]2C)c2cc(Br)ccc21. The fourth-order valence-electron chi connectivity index (χ4n) is 6.53. The van der Waals surface area contributed by atoms with Crippen LogP contribution in [0.4, 0.5) is 5.69 Å². The van der Waals surface area contributed by atoms with E-state index in [-0.39, 0.29) is 36.0 Å². The average Bonchev–Trinajstić information content (AvgIpc) is 3.55. The minimum absolute atomic E-state index is 0.0703. The Morgan fingerprint density at radius 3 is 2.67 bits per heavy atom. The van der Waals surface area contributed by atoms with Crippen molar-refractivity contribution in [2.24, 2.45) is 5.92 Å². The summed E-state index contributed by atoms with van der Waals surface area (Å²) < 4.78 is 9.46. The van der Waals surface area contributed by atoms with Gasteiger partial charge in [-0.15, -0.1) is 11.7 Å². The van der Waals surface area contributed by atoms with Crippen LogP contribution in [0.5, 0.6) is 0 Å². The predicted molar refractivity (Wildman–Crippen MR) is 156 cm³/mol. The third kappa shape index (κ3) is 4.82. The van der Waals surface area contributed by atoms with Gasteiger partial charge in [-0.05, 0) is 43.3 Å². The molecular weight excluding hydrogens is 576 g/mol. The molecule has 0 saturated carbocycles. The van der Waals surface area contributed by atoms with Gasteiger partial charge in [0.2, 0.25) is 0 Å². The Kier molecular flexibility index (Phi) is 7.69. The van der Waals surface area contributed by atoms with E-state index in [4.69, 9.17) is 4.74 Å². The number of hydrogen-bond donors (Lipinski definition) is 2. The minimum atomic E-state index is -2.76. The van der Waals surface area contributed by atoms with Gasteiger partial charge in [-0.25, -0.2) is 0 Å². The second kappa shape index (κ2) is 10.7. The first-order valence-electron chi connectivity index (χ1n) is 13.3. The Morgan fingerprint density at radius 1 is 1.26 bits per heavy atom. The van der Waals surface area contributed by atoms with E-state index in [0.717, 1.165) is 21.3 Å². The summed E-state index contributed by atoms with van der Waals surface area (Å²) in [6.45, 7) is 10.5. The molecule has 206 valence electrons. The van der Waals surface area contributed by atoms with Gasteiger partial charge in [-0.1, -0.05) is 64.5 Å². The van der Waals surface area contributed by atoms with Crippen molar-refractivity contribution < 1.29 is 19.4 Å². The van der Waals surface area contributed by atoms with Gasteiger partial charge in [0.1, 0.15) is 0 Å². The Morgan fingerprint density at radius 2 is 2.00 bits per heavy atom. The summed E-state index contributed by atoms with van der Waals surface area (Å²) in [5.74, 6) is -0.595. The molecule has 1 fully saturated rings. The number of amides is 1. The van der Waals surface area contributed by atoms with E-state index in [2.05, 4.69) is 32.8 Å². The molecule has 2 aromatic carbocycles. The third-order valence-electron chi connectivity index (χ3n) is 8.20. The zero-order valence-corrected chi connectivity index (χ0v) is 25.1. The van der Waals surface area contributed by atoms with Gasteiger partial charge < -0.3 is 19.5 Å². The van der Waals surface area contributed by atoms with Crippen molar-refractivity contribution in [3.05, 3.63) is 88.7 Å². The summed E-state index contributed by atoms with van der Waals surface area (Å²) in [6, 6.07) is 15.6. The molecular formula is C29H35BrN4O4Si. The Hall–Kier alpha value is -2.63. The van der Waals surface area contributed by atoms with Crippen molar-refractivity contribution in [1.82, 2.24) is 15.0 Å². The number of ether oxygens (including phenoxy) is 1. The van der Waals surface area contributed by atoms with E-state index in [9.17, 15) is 14.7 Å². The van der Waals surface area contributed by atoms with Crippen LogP contribution in [0.1, 0.15) is 36.1 Å². The number of carbonyl (C=O) groups excluding carboxylic acids is 1. The topological polar surface area (TPSA) is 101 Å². The lowest BCUT2D eigenvalue weighted by atomic mass is 9.82. The first kappa shape index (κ1) is 27.9. The van der Waals surface area contributed by atoms with Crippen molar-refractivity contribution >= 4 is 35.8 Å². The average molecular weight is 612 g/mol. The highest BCUT2D eigenvalue weighted by molar-refractivity contribution is 9.10. The molecule has 2 N–H and O–H groups in total. The molecule has 0 bridgehead atoms. The highest BCUT2D eigenvalue weighted by Crippen LogP contribution is 2.59. The molecule has 2 aliphatic heterocycles. The molecule has 1 aromatic heterocycles. The van der Waals surface area contributed by atoms with E-state index in [1.54, 1.807) is 15.7 Å². The zero-order valence-electron chi connectivity index (χ0n) is 22.5. The molecule has 1 unspecified atom stereocenters. The first-order chi connectivity index (χ1) is 18.6. The summed E-state index contributed by atoms with van der Waals surface area (Å²) in [5, 5.41) is 18.7. The van der Waals surface area contributed by atoms with Crippen LogP contribution >= 0.6 is 15.9 Å². The van der Waals surface area contributed by atoms with Crippen LogP contribution in [0.15, 0.2) is 71.9 Å². The number of carbonyl (C=O) groups is 1. The molecule has 5 atom stereocenters. The maximum absolute atomic E-state index is 14.1. The Labute approximate surface area is 238 Å². The fourth-order valence-corrected chi connectivity index (χ4v) is 9.49. The summed E-state index contributed by atoms with van der Waals surface area (Å²) in [5.41, 5.74) is 1.98. The van der Waals surface area contributed by atoms with Crippen LogP contribution in [-0.4, -0.2) is 58.4 Å². The van der Waals surface area contributed by atoms with Gasteiger partial charge in [-0.3, -0.25) is 9.48 Å². The largest absolute Gasteiger partial charge is 0.432 e. The number of halogens is 1. The lowest BCUT2D eigenvalue weighted by molar-refractivity contribution is -0.145.